The predicted octanol–water partition coefficient (Wildman–Crippen LogP) is 2.27. The molecule has 1 N–H and O–H groups in total. The Kier molecular flexibility index (Phi) is 7.63. The third kappa shape index (κ3) is 5.68. The monoisotopic (exact) mass is 268 g/mol. The van der Waals surface area contributed by atoms with Crippen molar-refractivity contribution in [3.8, 4) is 0 Å². The highest BCUT2D eigenvalue weighted by atomic mass is 19.1. The zero-order valence-corrected chi connectivity index (χ0v) is 12.2. The van der Waals surface area contributed by atoms with Gasteiger partial charge in [-0.3, -0.25) is 4.90 Å². The number of hydrogen-bond acceptors (Lipinski definition) is 3. The molecule has 19 heavy (non-hydrogen) atoms. The number of likely N-dealkylation sites (N-methyl/N-ethyl adjacent to an activating group) is 1. The molecule has 1 rings (SSSR count). The normalized spacial score (nSPS) is 12.9. The number of halogens is 1. The standard InChI is InChI=1S/C15H25FN2O/c1-4-9-17-10-14(12-19-3)18(2)11-13-7-5-6-8-15(13)16/h5-8,14,17H,4,9-12H2,1-3H3. The quantitative estimate of drug-likeness (QED) is 0.695. The van der Waals surface area contributed by atoms with Crippen molar-refractivity contribution in [3.05, 3.63) is 35.6 Å². The van der Waals surface area contributed by atoms with E-state index >= 15 is 0 Å². The summed E-state index contributed by atoms with van der Waals surface area (Å²) in [4.78, 5) is 2.13. The largest absolute Gasteiger partial charge is 0.383 e. The summed E-state index contributed by atoms with van der Waals surface area (Å²) in [5.74, 6) is -0.146. The van der Waals surface area contributed by atoms with Crippen LogP contribution in [0.25, 0.3) is 0 Å². The van der Waals surface area contributed by atoms with Gasteiger partial charge in [0.2, 0.25) is 0 Å². The van der Waals surface area contributed by atoms with Gasteiger partial charge in [-0.05, 0) is 26.1 Å². The molecule has 0 aromatic heterocycles. The fourth-order valence-electron chi connectivity index (χ4n) is 2.00. The third-order valence-corrected chi connectivity index (χ3v) is 3.17. The Morgan fingerprint density at radius 3 is 2.74 bits per heavy atom. The van der Waals surface area contributed by atoms with Crippen LogP contribution in [-0.2, 0) is 11.3 Å². The lowest BCUT2D eigenvalue weighted by Gasteiger charge is -2.28. The minimum Gasteiger partial charge on any atom is -0.383 e. The van der Waals surface area contributed by atoms with Gasteiger partial charge in [0, 0.05) is 31.8 Å². The first-order chi connectivity index (χ1) is 9.19. The summed E-state index contributed by atoms with van der Waals surface area (Å²) in [6.45, 7) is 5.22. The number of ether oxygens (including phenoxy) is 1. The molecular weight excluding hydrogens is 243 g/mol. The summed E-state index contributed by atoms with van der Waals surface area (Å²) in [6, 6.07) is 7.16. The van der Waals surface area contributed by atoms with Crippen LogP contribution in [0.2, 0.25) is 0 Å². The molecule has 0 radical (unpaired) electrons. The lowest BCUT2D eigenvalue weighted by Crippen LogP contribution is -2.43. The van der Waals surface area contributed by atoms with Gasteiger partial charge in [-0.15, -0.1) is 0 Å². The van der Waals surface area contributed by atoms with Crippen molar-refractivity contribution in [2.45, 2.75) is 25.9 Å². The number of methoxy groups -OCH3 is 1. The van der Waals surface area contributed by atoms with E-state index in [0.29, 0.717) is 13.2 Å². The Balaban J connectivity index is 2.55. The van der Waals surface area contributed by atoms with Crippen LogP contribution < -0.4 is 5.32 Å². The minimum absolute atomic E-state index is 0.146. The summed E-state index contributed by atoms with van der Waals surface area (Å²) >= 11 is 0. The molecule has 1 aromatic carbocycles. The average Bonchev–Trinajstić information content (AvgIpc) is 2.40. The van der Waals surface area contributed by atoms with E-state index in [9.17, 15) is 4.39 Å². The molecule has 1 aromatic rings. The summed E-state index contributed by atoms with van der Waals surface area (Å²) < 4.78 is 18.9. The van der Waals surface area contributed by atoms with Gasteiger partial charge >= 0.3 is 0 Å². The van der Waals surface area contributed by atoms with E-state index < -0.39 is 0 Å². The number of nitrogens with zero attached hydrogens (tertiary/aromatic N) is 1. The van der Waals surface area contributed by atoms with E-state index in [2.05, 4.69) is 17.1 Å². The molecule has 108 valence electrons. The predicted molar refractivity (Wildman–Crippen MR) is 76.7 cm³/mol. The third-order valence-electron chi connectivity index (χ3n) is 3.17. The van der Waals surface area contributed by atoms with Crippen molar-refractivity contribution in [1.82, 2.24) is 10.2 Å². The molecule has 0 aliphatic carbocycles. The van der Waals surface area contributed by atoms with Gasteiger partial charge in [-0.2, -0.15) is 0 Å². The molecule has 0 heterocycles. The first-order valence-corrected chi connectivity index (χ1v) is 6.82. The summed E-state index contributed by atoms with van der Waals surface area (Å²) in [5, 5.41) is 3.39. The maximum Gasteiger partial charge on any atom is 0.127 e. The maximum atomic E-state index is 13.6. The van der Waals surface area contributed by atoms with Crippen molar-refractivity contribution in [3.63, 3.8) is 0 Å². The van der Waals surface area contributed by atoms with Crippen molar-refractivity contribution >= 4 is 0 Å². The molecule has 0 amide bonds. The van der Waals surface area contributed by atoms with E-state index in [1.165, 1.54) is 6.07 Å². The first-order valence-electron chi connectivity index (χ1n) is 6.82. The fourth-order valence-corrected chi connectivity index (χ4v) is 2.00. The minimum atomic E-state index is -0.146. The van der Waals surface area contributed by atoms with Crippen molar-refractivity contribution in [1.29, 1.82) is 0 Å². The molecule has 0 saturated heterocycles. The van der Waals surface area contributed by atoms with E-state index in [-0.39, 0.29) is 11.9 Å². The molecule has 1 unspecified atom stereocenters. The van der Waals surface area contributed by atoms with Crippen molar-refractivity contribution in [2.75, 3.05) is 33.9 Å². The lowest BCUT2D eigenvalue weighted by atomic mass is 10.1. The molecule has 0 aliphatic rings. The van der Waals surface area contributed by atoms with Crippen LogP contribution in [0.1, 0.15) is 18.9 Å². The molecule has 0 saturated carbocycles. The first kappa shape index (κ1) is 16.1. The van der Waals surface area contributed by atoms with E-state index in [0.717, 1.165) is 25.1 Å². The van der Waals surface area contributed by atoms with Crippen LogP contribution in [0.5, 0.6) is 0 Å². The Morgan fingerprint density at radius 2 is 2.11 bits per heavy atom. The number of nitrogens with one attached hydrogen (secondary N) is 1. The van der Waals surface area contributed by atoms with Gasteiger partial charge < -0.3 is 10.1 Å². The highest BCUT2D eigenvalue weighted by Gasteiger charge is 2.15. The molecule has 0 aliphatic heterocycles. The maximum absolute atomic E-state index is 13.6. The molecule has 1 atom stereocenters. The SMILES string of the molecule is CCCNCC(COC)N(C)Cc1ccccc1F. The van der Waals surface area contributed by atoms with E-state index in [4.69, 9.17) is 4.74 Å². The lowest BCUT2D eigenvalue weighted by molar-refractivity contribution is 0.101. The zero-order chi connectivity index (χ0) is 14.1. The molecule has 4 heteroatoms. The van der Waals surface area contributed by atoms with Gasteiger partial charge in [0.15, 0.2) is 0 Å². The number of hydrogen-bond donors (Lipinski definition) is 1. The Labute approximate surface area is 115 Å². The highest BCUT2D eigenvalue weighted by Crippen LogP contribution is 2.10. The highest BCUT2D eigenvalue weighted by molar-refractivity contribution is 5.17. The fraction of sp³-hybridized carbons (Fsp3) is 0.600. The van der Waals surface area contributed by atoms with Gasteiger partial charge in [0.05, 0.1) is 6.61 Å². The van der Waals surface area contributed by atoms with Crippen molar-refractivity contribution < 1.29 is 9.13 Å². The second-order valence-electron chi connectivity index (χ2n) is 4.82. The van der Waals surface area contributed by atoms with Gasteiger partial charge in [-0.25, -0.2) is 4.39 Å². The van der Waals surface area contributed by atoms with Crippen LogP contribution in [0, 0.1) is 5.82 Å². The summed E-state index contributed by atoms with van der Waals surface area (Å²) in [5.41, 5.74) is 0.724. The molecular formula is C15H25FN2O. The topological polar surface area (TPSA) is 24.5 Å². The van der Waals surface area contributed by atoms with Crippen LogP contribution >= 0.6 is 0 Å². The van der Waals surface area contributed by atoms with Crippen molar-refractivity contribution in [2.24, 2.45) is 0 Å². The van der Waals surface area contributed by atoms with E-state index in [1.807, 2.05) is 19.2 Å². The van der Waals surface area contributed by atoms with Gasteiger partial charge in [-0.1, -0.05) is 25.1 Å². The number of rotatable bonds is 9. The number of benzene rings is 1. The van der Waals surface area contributed by atoms with Crippen LogP contribution in [0.4, 0.5) is 4.39 Å². The zero-order valence-electron chi connectivity index (χ0n) is 12.2. The van der Waals surface area contributed by atoms with Crippen LogP contribution in [0.3, 0.4) is 0 Å². The van der Waals surface area contributed by atoms with Crippen LogP contribution in [-0.4, -0.2) is 44.8 Å². The molecule has 3 nitrogen and oxygen atoms in total. The molecule has 0 bridgehead atoms. The second kappa shape index (κ2) is 9.02. The molecule has 0 fully saturated rings. The Hall–Kier alpha value is -0.970. The Morgan fingerprint density at radius 1 is 1.37 bits per heavy atom. The summed E-state index contributed by atoms with van der Waals surface area (Å²) in [7, 11) is 3.70. The van der Waals surface area contributed by atoms with Crippen LogP contribution in [0.15, 0.2) is 24.3 Å². The Bertz CT molecular complexity index is 360. The van der Waals surface area contributed by atoms with Gasteiger partial charge in [0.25, 0.3) is 0 Å². The molecule has 0 spiro atoms. The van der Waals surface area contributed by atoms with E-state index in [1.54, 1.807) is 13.2 Å². The van der Waals surface area contributed by atoms with Gasteiger partial charge in [0.1, 0.15) is 5.82 Å². The summed E-state index contributed by atoms with van der Waals surface area (Å²) in [6.07, 6.45) is 1.11. The smallest absolute Gasteiger partial charge is 0.127 e. The average molecular weight is 268 g/mol. The second-order valence-corrected chi connectivity index (χ2v) is 4.82.